The molecule has 2 rings (SSSR count). The Morgan fingerprint density at radius 3 is 3.00 bits per heavy atom. The SMILES string of the molecule is CC/C(=N/O)c1ccccc1OC1CCCOC1. The van der Waals surface area contributed by atoms with Crippen molar-refractivity contribution >= 4 is 5.71 Å². The molecule has 1 aliphatic rings. The average molecular weight is 249 g/mol. The van der Waals surface area contributed by atoms with E-state index >= 15 is 0 Å². The minimum atomic E-state index is 0.0942. The van der Waals surface area contributed by atoms with Gasteiger partial charge in [0.05, 0.1) is 12.3 Å². The van der Waals surface area contributed by atoms with Gasteiger partial charge in [0.25, 0.3) is 0 Å². The molecule has 1 aromatic rings. The molecule has 0 bridgehead atoms. The van der Waals surface area contributed by atoms with Crippen LogP contribution in [0.15, 0.2) is 29.4 Å². The van der Waals surface area contributed by atoms with Gasteiger partial charge in [-0.25, -0.2) is 0 Å². The average Bonchev–Trinajstić information content (AvgIpc) is 2.43. The lowest BCUT2D eigenvalue weighted by Crippen LogP contribution is -2.28. The van der Waals surface area contributed by atoms with Gasteiger partial charge >= 0.3 is 0 Å². The molecule has 1 saturated heterocycles. The zero-order valence-electron chi connectivity index (χ0n) is 10.6. The number of hydrogen-bond acceptors (Lipinski definition) is 4. The molecule has 0 aliphatic carbocycles. The van der Waals surface area contributed by atoms with Crippen molar-refractivity contribution in [1.82, 2.24) is 0 Å². The fraction of sp³-hybridized carbons (Fsp3) is 0.500. The zero-order valence-corrected chi connectivity index (χ0v) is 10.6. The molecule has 98 valence electrons. The summed E-state index contributed by atoms with van der Waals surface area (Å²) in [5, 5.41) is 12.4. The molecule has 4 nitrogen and oxygen atoms in total. The van der Waals surface area contributed by atoms with Crippen molar-refractivity contribution < 1.29 is 14.7 Å². The summed E-state index contributed by atoms with van der Waals surface area (Å²) < 4.78 is 11.4. The summed E-state index contributed by atoms with van der Waals surface area (Å²) in [6, 6.07) is 7.66. The quantitative estimate of drug-likeness (QED) is 0.507. The standard InChI is InChI=1S/C14H19NO3/c1-2-13(15-16)12-7-3-4-8-14(12)18-11-6-5-9-17-10-11/h3-4,7-8,11,16H,2,5-6,9-10H2,1H3/b15-13-. The Hall–Kier alpha value is -1.55. The lowest BCUT2D eigenvalue weighted by atomic mass is 10.1. The Morgan fingerprint density at radius 2 is 2.33 bits per heavy atom. The summed E-state index contributed by atoms with van der Waals surface area (Å²) in [5.74, 6) is 0.766. The number of para-hydroxylation sites is 1. The predicted molar refractivity (Wildman–Crippen MR) is 69.5 cm³/mol. The van der Waals surface area contributed by atoms with E-state index in [-0.39, 0.29) is 6.10 Å². The Labute approximate surface area is 107 Å². The molecule has 1 aromatic carbocycles. The van der Waals surface area contributed by atoms with E-state index in [1.165, 1.54) is 0 Å². The molecule has 0 amide bonds. The van der Waals surface area contributed by atoms with Crippen molar-refractivity contribution in [2.75, 3.05) is 13.2 Å². The zero-order chi connectivity index (χ0) is 12.8. The first-order chi connectivity index (χ1) is 8.85. The first kappa shape index (κ1) is 12.9. The second-order valence-corrected chi connectivity index (χ2v) is 4.35. The van der Waals surface area contributed by atoms with Crippen molar-refractivity contribution in [3.63, 3.8) is 0 Å². The topological polar surface area (TPSA) is 51.1 Å². The molecule has 1 aliphatic heterocycles. The number of oxime groups is 1. The molecule has 0 spiro atoms. The Bertz CT molecular complexity index is 411. The molecule has 1 heterocycles. The van der Waals surface area contributed by atoms with Crippen LogP contribution in [0, 0.1) is 0 Å². The second kappa shape index (κ2) is 6.40. The second-order valence-electron chi connectivity index (χ2n) is 4.35. The summed E-state index contributed by atoms with van der Waals surface area (Å²) >= 11 is 0. The molecule has 1 unspecified atom stereocenters. The van der Waals surface area contributed by atoms with Crippen molar-refractivity contribution in [3.8, 4) is 5.75 Å². The van der Waals surface area contributed by atoms with Crippen molar-refractivity contribution in [2.45, 2.75) is 32.3 Å². The third kappa shape index (κ3) is 3.01. The highest BCUT2D eigenvalue weighted by Gasteiger charge is 2.18. The molecular weight excluding hydrogens is 230 g/mol. The summed E-state index contributed by atoms with van der Waals surface area (Å²) in [6.45, 7) is 3.40. The number of hydrogen-bond donors (Lipinski definition) is 1. The first-order valence-electron chi connectivity index (χ1n) is 6.40. The van der Waals surface area contributed by atoms with Crippen LogP contribution in [-0.2, 0) is 4.74 Å². The van der Waals surface area contributed by atoms with Crippen LogP contribution in [0.3, 0.4) is 0 Å². The van der Waals surface area contributed by atoms with Crippen LogP contribution in [0.25, 0.3) is 0 Å². The first-order valence-corrected chi connectivity index (χ1v) is 6.40. The highest BCUT2D eigenvalue weighted by atomic mass is 16.5. The number of ether oxygens (including phenoxy) is 2. The Morgan fingerprint density at radius 1 is 1.50 bits per heavy atom. The minimum Gasteiger partial charge on any atom is -0.487 e. The largest absolute Gasteiger partial charge is 0.487 e. The van der Waals surface area contributed by atoms with E-state index in [0.29, 0.717) is 18.7 Å². The van der Waals surface area contributed by atoms with Gasteiger partial charge in [0.15, 0.2) is 0 Å². The maximum absolute atomic E-state index is 9.02. The lowest BCUT2D eigenvalue weighted by molar-refractivity contribution is 0.00734. The summed E-state index contributed by atoms with van der Waals surface area (Å²) in [5.41, 5.74) is 1.50. The van der Waals surface area contributed by atoms with Crippen molar-refractivity contribution in [3.05, 3.63) is 29.8 Å². The van der Waals surface area contributed by atoms with Gasteiger partial charge in [-0.05, 0) is 31.4 Å². The summed E-state index contributed by atoms with van der Waals surface area (Å²) in [6.07, 6.45) is 2.79. The van der Waals surface area contributed by atoms with Crippen LogP contribution in [0.5, 0.6) is 5.75 Å². The van der Waals surface area contributed by atoms with E-state index in [4.69, 9.17) is 14.7 Å². The van der Waals surface area contributed by atoms with E-state index in [2.05, 4.69) is 5.16 Å². The van der Waals surface area contributed by atoms with Gasteiger partial charge in [-0.2, -0.15) is 0 Å². The van der Waals surface area contributed by atoms with Crippen LogP contribution in [0.1, 0.15) is 31.7 Å². The molecule has 0 aromatic heterocycles. The fourth-order valence-corrected chi connectivity index (χ4v) is 2.11. The summed E-state index contributed by atoms with van der Waals surface area (Å²) in [7, 11) is 0. The normalized spacial score (nSPS) is 20.7. The van der Waals surface area contributed by atoms with Crippen molar-refractivity contribution in [1.29, 1.82) is 0 Å². The van der Waals surface area contributed by atoms with Gasteiger partial charge in [0, 0.05) is 12.2 Å². The molecule has 1 N–H and O–H groups in total. The number of rotatable bonds is 4. The van der Waals surface area contributed by atoms with Crippen LogP contribution >= 0.6 is 0 Å². The molecule has 0 radical (unpaired) electrons. The fourth-order valence-electron chi connectivity index (χ4n) is 2.11. The number of benzene rings is 1. The summed E-state index contributed by atoms with van der Waals surface area (Å²) in [4.78, 5) is 0. The third-order valence-electron chi connectivity index (χ3n) is 3.07. The maximum Gasteiger partial charge on any atom is 0.129 e. The van der Waals surface area contributed by atoms with Gasteiger partial charge in [0.1, 0.15) is 11.9 Å². The van der Waals surface area contributed by atoms with Gasteiger partial charge in [-0.15, -0.1) is 0 Å². The Balaban J connectivity index is 2.16. The molecule has 4 heteroatoms. The maximum atomic E-state index is 9.02. The van der Waals surface area contributed by atoms with E-state index < -0.39 is 0 Å². The van der Waals surface area contributed by atoms with Crippen LogP contribution in [-0.4, -0.2) is 30.2 Å². The van der Waals surface area contributed by atoms with E-state index in [9.17, 15) is 0 Å². The van der Waals surface area contributed by atoms with E-state index in [1.807, 2.05) is 31.2 Å². The van der Waals surface area contributed by atoms with Crippen molar-refractivity contribution in [2.24, 2.45) is 5.16 Å². The molecule has 1 atom stereocenters. The molecule has 18 heavy (non-hydrogen) atoms. The number of nitrogens with zero attached hydrogens (tertiary/aromatic N) is 1. The highest BCUT2D eigenvalue weighted by Crippen LogP contribution is 2.23. The van der Waals surface area contributed by atoms with Gasteiger partial charge in [-0.3, -0.25) is 0 Å². The van der Waals surface area contributed by atoms with E-state index in [0.717, 1.165) is 30.8 Å². The van der Waals surface area contributed by atoms with Gasteiger partial charge in [-0.1, -0.05) is 24.2 Å². The lowest BCUT2D eigenvalue weighted by Gasteiger charge is -2.24. The van der Waals surface area contributed by atoms with Gasteiger partial charge < -0.3 is 14.7 Å². The minimum absolute atomic E-state index is 0.0942. The third-order valence-corrected chi connectivity index (χ3v) is 3.07. The smallest absolute Gasteiger partial charge is 0.129 e. The molecule has 1 fully saturated rings. The van der Waals surface area contributed by atoms with Crippen LogP contribution < -0.4 is 4.74 Å². The predicted octanol–water partition coefficient (Wildman–Crippen LogP) is 2.83. The Kier molecular flexibility index (Phi) is 4.59. The van der Waals surface area contributed by atoms with Crippen LogP contribution in [0.4, 0.5) is 0 Å². The van der Waals surface area contributed by atoms with Crippen LogP contribution in [0.2, 0.25) is 0 Å². The molecule has 0 saturated carbocycles. The highest BCUT2D eigenvalue weighted by molar-refractivity contribution is 6.02. The van der Waals surface area contributed by atoms with Gasteiger partial charge in [0.2, 0.25) is 0 Å². The van der Waals surface area contributed by atoms with E-state index in [1.54, 1.807) is 0 Å². The monoisotopic (exact) mass is 249 g/mol. The molecular formula is C14H19NO3.